The van der Waals surface area contributed by atoms with Crippen LogP contribution in [0.5, 0.6) is 0 Å². The fraction of sp³-hybridized carbons (Fsp3) is 0.294. The van der Waals surface area contributed by atoms with Crippen molar-refractivity contribution in [1.29, 1.82) is 0 Å². The number of hydrogen-bond donors (Lipinski definition) is 1. The van der Waals surface area contributed by atoms with Gasteiger partial charge in [0.1, 0.15) is 5.82 Å². The molecule has 0 aliphatic carbocycles. The first kappa shape index (κ1) is 17.8. The first-order valence-corrected chi connectivity index (χ1v) is 7.78. The lowest BCUT2D eigenvalue weighted by Crippen LogP contribution is -2.11. The highest BCUT2D eigenvalue weighted by molar-refractivity contribution is 5.90. The van der Waals surface area contributed by atoms with E-state index in [-0.39, 0.29) is 12.5 Å². The van der Waals surface area contributed by atoms with Crippen molar-refractivity contribution < 1.29 is 18.0 Å². The normalized spacial score (nSPS) is 11.8. The molecule has 0 aromatic carbocycles. The Morgan fingerprint density at radius 1 is 1.19 bits per heavy atom. The number of fused-ring (bicyclic) bond motifs is 1. The molecule has 136 valence electrons. The summed E-state index contributed by atoms with van der Waals surface area (Å²) in [5.74, 6) is 0.271. The second-order valence-electron chi connectivity index (χ2n) is 6.00. The molecule has 0 saturated carbocycles. The van der Waals surface area contributed by atoms with Gasteiger partial charge in [-0.3, -0.25) is 9.78 Å². The second-order valence-corrected chi connectivity index (χ2v) is 6.00. The van der Waals surface area contributed by atoms with Crippen molar-refractivity contribution in [3.05, 3.63) is 47.2 Å². The van der Waals surface area contributed by atoms with Crippen molar-refractivity contribution in [1.82, 2.24) is 19.5 Å². The van der Waals surface area contributed by atoms with Gasteiger partial charge in [-0.1, -0.05) is 0 Å². The van der Waals surface area contributed by atoms with Crippen LogP contribution in [0.2, 0.25) is 0 Å². The molecule has 0 aliphatic heterocycles. The lowest BCUT2D eigenvalue weighted by atomic mass is 10.2. The minimum absolute atomic E-state index is 0.212. The number of rotatable bonds is 3. The van der Waals surface area contributed by atoms with E-state index >= 15 is 0 Å². The van der Waals surface area contributed by atoms with E-state index in [1.165, 1.54) is 6.92 Å². The molecule has 3 rings (SSSR count). The molecule has 26 heavy (non-hydrogen) atoms. The maximum absolute atomic E-state index is 12.6. The first-order valence-electron chi connectivity index (χ1n) is 7.78. The number of alkyl halides is 3. The van der Waals surface area contributed by atoms with Crippen LogP contribution in [0, 0.1) is 13.8 Å². The Morgan fingerprint density at radius 2 is 1.92 bits per heavy atom. The van der Waals surface area contributed by atoms with Crippen molar-refractivity contribution in [3.63, 3.8) is 0 Å². The number of halogens is 3. The maximum atomic E-state index is 12.6. The molecule has 0 saturated heterocycles. The topological polar surface area (TPSA) is 72.7 Å². The molecule has 0 atom stereocenters. The number of nitrogens with one attached hydrogen (secondary N) is 1. The summed E-state index contributed by atoms with van der Waals surface area (Å²) in [7, 11) is 0. The number of aryl methyl sites for hydroxylation is 2. The number of hydrogen-bond acceptors (Lipinski definition) is 4. The van der Waals surface area contributed by atoms with Gasteiger partial charge in [-0.25, -0.2) is 9.97 Å². The van der Waals surface area contributed by atoms with Gasteiger partial charge in [-0.2, -0.15) is 13.2 Å². The first-order chi connectivity index (χ1) is 12.1. The van der Waals surface area contributed by atoms with E-state index in [0.717, 1.165) is 29.2 Å². The number of anilines is 1. The Bertz CT molecular complexity index is 977. The van der Waals surface area contributed by atoms with Gasteiger partial charge in [0.05, 0.1) is 35.7 Å². The van der Waals surface area contributed by atoms with Gasteiger partial charge in [0, 0.05) is 12.6 Å². The molecule has 0 unspecified atom stereocenters. The lowest BCUT2D eigenvalue weighted by molar-refractivity contribution is -0.141. The van der Waals surface area contributed by atoms with Crippen LogP contribution >= 0.6 is 0 Å². The maximum Gasteiger partial charge on any atom is 0.434 e. The van der Waals surface area contributed by atoms with Crippen LogP contribution in [-0.2, 0) is 17.5 Å². The highest BCUT2D eigenvalue weighted by Crippen LogP contribution is 2.27. The van der Waals surface area contributed by atoms with Gasteiger partial charge < -0.3 is 9.88 Å². The summed E-state index contributed by atoms with van der Waals surface area (Å²) < 4.78 is 39.7. The van der Waals surface area contributed by atoms with E-state index < -0.39 is 11.9 Å². The summed E-state index contributed by atoms with van der Waals surface area (Å²) in [6.45, 7) is 5.36. The number of aromatic nitrogens is 4. The highest BCUT2D eigenvalue weighted by Gasteiger charge is 2.32. The average Bonchev–Trinajstić information content (AvgIpc) is 2.82. The minimum Gasteiger partial charge on any atom is -0.337 e. The van der Waals surface area contributed by atoms with Gasteiger partial charge >= 0.3 is 6.18 Å². The Labute approximate surface area is 147 Å². The molecule has 3 aromatic rings. The third-order valence-electron chi connectivity index (χ3n) is 3.89. The van der Waals surface area contributed by atoms with Gasteiger partial charge in [-0.15, -0.1) is 0 Å². The molecule has 0 fully saturated rings. The summed E-state index contributed by atoms with van der Waals surface area (Å²) >= 11 is 0. The van der Waals surface area contributed by atoms with E-state index in [1.807, 2.05) is 30.5 Å². The Kier molecular flexibility index (Phi) is 4.39. The van der Waals surface area contributed by atoms with Crippen molar-refractivity contribution in [3.8, 4) is 0 Å². The molecule has 0 spiro atoms. The summed E-state index contributed by atoms with van der Waals surface area (Å²) in [5.41, 5.74) is 2.52. The van der Waals surface area contributed by atoms with E-state index in [4.69, 9.17) is 0 Å². The number of amides is 1. The van der Waals surface area contributed by atoms with Crippen molar-refractivity contribution in [2.75, 3.05) is 5.32 Å². The standard InChI is InChI=1S/C17H16F3N5O/c1-9-4-14-13(24-16(9)23-11(3)26)5-10(2)25(14)8-12-6-22-15(7-21-12)17(18,19)20/h4-7H,8H2,1-3H3,(H,23,24,26). The van der Waals surface area contributed by atoms with Crippen LogP contribution in [0.3, 0.4) is 0 Å². The summed E-state index contributed by atoms with van der Waals surface area (Å²) in [6.07, 6.45) is -2.66. The predicted octanol–water partition coefficient (Wildman–Crippen LogP) is 3.47. The molecule has 3 heterocycles. The molecule has 3 aromatic heterocycles. The molecule has 0 radical (unpaired) electrons. The molecule has 6 nitrogen and oxygen atoms in total. The smallest absolute Gasteiger partial charge is 0.337 e. The molecule has 0 bridgehead atoms. The molecular formula is C17H16F3N5O. The zero-order valence-electron chi connectivity index (χ0n) is 14.3. The van der Waals surface area contributed by atoms with Crippen LogP contribution in [-0.4, -0.2) is 25.4 Å². The third-order valence-corrected chi connectivity index (χ3v) is 3.89. The van der Waals surface area contributed by atoms with Crippen LogP contribution in [0.1, 0.15) is 29.6 Å². The molecule has 9 heteroatoms. The number of carbonyl (C=O) groups excluding carboxylic acids is 1. The predicted molar refractivity (Wildman–Crippen MR) is 89.6 cm³/mol. The highest BCUT2D eigenvalue weighted by atomic mass is 19.4. The van der Waals surface area contributed by atoms with E-state index in [9.17, 15) is 18.0 Å². The van der Waals surface area contributed by atoms with Gasteiger partial charge in [-0.05, 0) is 31.5 Å². The monoisotopic (exact) mass is 363 g/mol. The SMILES string of the molecule is CC(=O)Nc1nc2cc(C)n(Cc3cnc(C(F)(F)F)cn3)c2cc1C. The van der Waals surface area contributed by atoms with Crippen LogP contribution in [0.25, 0.3) is 11.0 Å². The lowest BCUT2D eigenvalue weighted by Gasteiger charge is -2.10. The van der Waals surface area contributed by atoms with Crippen molar-refractivity contribution in [2.45, 2.75) is 33.5 Å². The number of carbonyl (C=O) groups is 1. The Balaban J connectivity index is 1.96. The molecular weight excluding hydrogens is 347 g/mol. The summed E-state index contributed by atoms with van der Waals surface area (Å²) in [6, 6.07) is 3.72. The zero-order chi connectivity index (χ0) is 19.1. The van der Waals surface area contributed by atoms with E-state index in [1.54, 1.807) is 0 Å². The number of nitrogens with zero attached hydrogens (tertiary/aromatic N) is 4. The average molecular weight is 363 g/mol. The largest absolute Gasteiger partial charge is 0.434 e. The number of pyridine rings is 1. The van der Waals surface area contributed by atoms with Gasteiger partial charge in [0.25, 0.3) is 0 Å². The Morgan fingerprint density at radius 3 is 2.50 bits per heavy atom. The fourth-order valence-corrected chi connectivity index (χ4v) is 2.65. The molecule has 1 amide bonds. The summed E-state index contributed by atoms with van der Waals surface area (Å²) in [5, 5.41) is 2.68. The molecule has 1 N–H and O–H groups in total. The minimum atomic E-state index is -4.51. The molecule has 0 aliphatic rings. The quantitative estimate of drug-likeness (QED) is 0.773. The van der Waals surface area contributed by atoms with Crippen LogP contribution in [0.15, 0.2) is 24.5 Å². The summed E-state index contributed by atoms with van der Waals surface area (Å²) in [4.78, 5) is 23.0. The van der Waals surface area contributed by atoms with Crippen LogP contribution in [0.4, 0.5) is 19.0 Å². The zero-order valence-corrected chi connectivity index (χ0v) is 14.3. The van der Waals surface area contributed by atoms with Gasteiger partial charge in [0.2, 0.25) is 5.91 Å². The van der Waals surface area contributed by atoms with Gasteiger partial charge in [0.15, 0.2) is 5.69 Å². The Hall–Kier alpha value is -2.97. The third kappa shape index (κ3) is 3.51. The van der Waals surface area contributed by atoms with E-state index in [0.29, 0.717) is 17.0 Å². The second kappa shape index (κ2) is 6.40. The fourth-order valence-electron chi connectivity index (χ4n) is 2.65. The van der Waals surface area contributed by atoms with E-state index in [2.05, 4.69) is 20.3 Å². The van der Waals surface area contributed by atoms with Crippen molar-refractivity contribution >= 4 is 22.8 Å². The van der Waals surface area contributed by atoms with Crippen LogP contribution < -0.4 is 5.32 Å². The van der Waals surface area contributed by atoms with Crippen molar-refractivity contribution in [2.24, 2.45) is 0 Å².